The van der Waals surface area contributed by atoms with Crippen LogP contribution in [0.25, 0.3) is 0 Å². The van der Waals surface area contributed by atoms with Gasteiger partial charge in [0, 0.05) is 12.0 Å². The Morgan fingerprint density at radius 1 is 1.39 bits per heavy atom. The third kappa shape index (κ3) is 3.48. The van der Waals surface area contributed by atoms with E-state index in [-0.39, 0.29) is 11.3 Å². The lowest BCUT2D eigenvalue weighted by molar-refractivity contribution is -0.133. The van der Waals surface area contributed by atoms with Crippen LogP contribution in [-0.4, -0.2) is 31.6 Å². The summed E-state index contributed by atoms with van der Waals surface area (Å²) in [6.07, 6.45) is 2.81. The maximum absolute atomic E-state index is 10.7. The molecule has 1 N–H and O–H groups in total. The van der Waals surface area contributed by atoms with Crippen molar-refractivity contribution in [2.45, 2.75) is 57.7 Å². The smallest absolute Gasteiger partial charge is 0.313 e. The van der Waals surface area contributed by atoms with Crippen molar-refractivity contribution >= 4 is 17.7 Å². The van der Waals surface area contributed by atoms with Crippen LogP contribution in [-0.2, 0) is 16.8 Å². The monoisotopic (exact) mass is 271 g/mol. The fourth-order valence-corrected chi connectivity index (χ4v) is 2.50. The van der Waals surface area contributed by atoms with Gasteiger partial charge in [0.2, 0.25) is 0 Å². The molecule has 0 aromatic carbocycles. The minimum Gasteiger partial charge on any atom is -0.481 e. The predicted molar refractivity (Wildman–Crippen MR) is 72.0 cm³/mol. The van der Waals surface area contributed by atoms with E-state index >= 15 is 0 Å². The van der Waals surface area contributed by atoms with Crippen LogP contribution in [0.1, 0.15) is 46.4 Å². The number of hydrogen-bond acceptors (Lipinski definition) is 4. The van der Waals surface area contributed by atoms with E-state index in [1.165, 1.54) is 11.8 Å². The molecule has 0 amide bonds. The number of carboxylic acid groups (broad SMARTS) is 1. The molecule has 5 nitrogen and oxygen atoms in total. The van der Waals surface area contributed by atoms with Gasteiger partial charge in [-0.1, -0.05) is 25.6 Å². The highest BCUT2D eigenvalue weighted by molar-refractivity contribution is 7.99. The van der Waals surface area contributed by atoms with Crippen LogP contribution in [0.15, 0.2) is 5.16 Å². The summed E-state index contributed by atoms with van der Waals surface area (Å²) < 4.78 is 2.09. The van der Waals surface area contributed by atoms with E-state index in [9.17, 15) is 4.79 Å². The van der Waals surface area contributed by atoms with Crippen molar-refractivity contribution in [1.29, 1.82) is 0 Å². The molecule has 0 bridgehead atoms. The number of carboxylic acids is 1. The quantitative estimate of drug-likeness (QED) is 0.772. The fourth-order valence-electron chi connectivity index (χ4n) is 1.67. The third-order valence-electron chi connectivity index (χ3n) is 2.97. The Hall–Kier alpha value is -1.04. The zero-order valence-corrected chi connectivity index (χ0v) is 12.3. The average Bonchev–Trinajstić information content (AvgIpc) is 2.71. The Balaban J connectivity index is 3.06. The van der Waals surface area contributed by atoms with Gasteiger partial charge in [-0.3, -0.25) is 4.79 Å². The van der Waals surface area contributed by atoms with Crippen LogP contribution >= 0.6 is 11.8 Å². The number of aryl methyl sites for hydroxylation is 1. The maximum Gasteiger partial charge on any atom is 0.313 e. The van der Waals surface area contributed by atoms with Gasteiger partial charge in [-0.25, -0.2) is 0 Å². The molecule has 0 aliphatic carbocycles. The first kappa shape index (κ1) is 15.0. The molecule has 0 unspecified atom stereocenters. The second-order valence-corrected chi connectivity index (χ2v) is 5.78. The molecule has 0 aliphatic heterocycles. The number of nitrogens with zero attached hydrogens (tertiary/aromatic N) is 3. The Labute approximate surface area is 112 Å². The van der Waals surface area contributed by atoms with E-state index in [1.807, 2.05) is 0 Å². The van der Waals surface area contributed by atoms with Crippen molar-refractivity contribution in [2.24, 2.45) is 0 Å². The minimum atomic E-state index is -0.833. The van der Waals surface area contributed by atoms with Gasteiger partial charge >= 0.3 is 5.97 Å². The van der Waals surface area contributed by atoms with E-state index in [0.29, 0.717) is 5.16 Å². The van der Waals surface area contributed by atoms with Gasteiger partial charge in [-0.2, -0.15) is 0 Å². The number of aliphatic carboxylic acids is 1. The van der Waals surface area contributed by atoms with Gasteiger partial charge in [0.1, 0.15) is 5.82 Å². The molecule has 1 heterocycles. The largest absolute Gasteiger partial charge is 0.481 e. The van der Waals surface area contributed by atoms with Gasteiger partial charge in [-0.15, -0.1) is 10.2 Å². The second kappa shape index (κ2) is 6.22. The van der Waals surface area contributed by atoms with Gasteiger partial charge < -0.3 is 9.67 Å². The molecular formula is C12H21N3O2S. The molecule has 0 fully saturated rings. The predicted octanol–water partition coefficient (Wildman–Crippen LogP) is 2.55. The van der Waals surface area contributed by atoms with E-state index in [2.05, 4.69) is 42.5 Å². The van der Waals surface area contributed by atoms with Crippen LogP contribution in [0.3, 0.4) is 0 Å². The first-order chi connectivity index (χ1) is 8.42. The van der Waals surface area contributed by atoms with Crippen molar-refractivity contribution in [3.63, 3.8) is 0 Å². The van der Waals surface area contributed by atoms with E-state index < -0.39 is 5.97 Å². The number of aromatic nitrogens is 3. The molecule has 6 heteroatoms. The van der Waals surface area contributed by atoms with Crippen LogP contribution in [0.5, 0.6) is 0 Å². The Kier molecular flexibility index (Phi) is 5.19. The van der Waals surface area contributed by atoms with Crippen molar-refractivity contribution < 1.29 is 9.90 Å². The SMILES string of the molecule is CCCc1nnc(SCC(=O)O)n1C(C)(C)CC. The average molecular weight is 271 g/mol. The molecular weight excluding hydrogens is 250 g/mol. The van der Waals surface area contributed by atoms with Gasteiger partial charge in [0.25, 0.3) is 0 Å². The first-order valence-electron chi connectivity index (χ1n) is 6.21. The summed E-state index contributed by atoms with van der Waals surface area (Å²) in [6.45, 7) is 8.46. The van der Waals surface area contributed by atoms with Crippen LogP contribution in [0, 0.1) is 0 Å². The molecule has 1 aromatic heterocycles. The summed E-state index contributed by atoms with van der Waals surface area (Å²) in [5.74, 6) is 0.127. The van der Waals surface area contributed by atoms with Gasteiger partial charge in [0.15, 0.2) is 5.16 Å². The molecule has 0 saturated heterocycles. The zero-order valence-electron chi connectivity index (χ0n) is 11.4. The highest BCUT2D eigenvalue weighted by Crippen LogP contribution is 2.28. The fraction of sp³-hybridized carbons (Fsp3) is 0.750. The van der Waals surface area contributed by atoms with E-state index in [4.69, 9.17) is 5.11 Å². The lowest BCUT2D eigenvalue weighted by Crippen LogP contribution is -2.28. The molecule has 102 valence electrons. The van der Waals surface area contributed by atoms with Crippen molar-refractivity contribution in [1.82, 2.24) is 14.8 Å². The maximum atomic E-state index is 10.7. The Morgan fingerprint density at radius 2 is 2.06 bits per heavy atom. The number of rotatable bonds is 7. The summed E-state index contributed by atoms with van der Waals surface area (Å²) in [4.78, 5) is 10.7. The van der Waals surface area contributed by atoms with Crippen molar-refractivity contribution in [3.05, 3.63) is 5.82 Å². The number of thioether (sulfide) groups is 1. The number of carbonyl (C=O) groups is 1. The lowest BCUT2D eigenvalue weighted by Gasteiger charge is -2.28. The van der Waals surface area contributed by atoms with Crippen LogP contribution < -0.4 is 0 Å². The van der Waals surface area contributed by atoms with Crippen molar-refractivity contribution in [3.8, 4) is 0 Å². The number of hydrogen-bond donors (Lipinski definition) is 1. The molecule has 0 spiro atoms. The van der Waals surface area contributed by atoms with E-state index in [0.717, 1.165) is 25.1 Å². The summed E-state index contributed by atoms with van der Waals surface area (Å²) in [5, 5.41) is 17.8. The molecule has 0 atom stereocenters. The summed E-state index contributed by atoms with van der Waals surface area (Å²) in [6, 6.07) is 0. The molecule has 0 aliphatic rings. The molecule has 1 rings (SSSR count). The highest BCUT2D eigenvalue weighted by atomic mass is 32.2. The van der Waals surface area contributed by atoms with Gasteiger partial charge in [0.05, 0.1) is 5.75 Å². The highest BCUT2D eigenvalue weighted by Gasteiger charge is 2.25. The standard InChI is InChI=1S/C12H21N3O2S/c1-5-7-9-13-14-11(18-8-10(16)17)15(9)12(3,4)6-2/h5-8H2,1-4H3,(H,16,17). The topological polar surface area (TPSA) is 68.0 Å². The molecule has 0 saturated carbocycles. The Bertz CT molecular complexity index is 415. The first-order valence-corrected chi connectivity index (χ1v) is 7.20. The zero-order chi connectivity index (χ0) is 13.8. The minimum absolute atomic E-state index is 0.0179. The van der Waals surface area contributed by atoms with Crippen molar-refractivity contribution in [2.75, 3.05) is 5.75 Å². The normalized spacial score (nSPS) is 11.8. The molecule has 0 radical (unpaired) electrons. The summed E-state index contributed by atoms with van der Waals surface area (Å²) >= 11 is 1.23. The summed E-state index contributed by atoms with van der Waals surface area (Å²) in [5.41, 5.74) is -0.0885. The lowest BCUT2D eigenvalue weighted by atomic mass is 10.0. The Morgan fingerprint density at radius 3 is 2.56 bits per heavy atom. The van der Waals surface area contributed by atoms with Crippen LogP contribution in [0.2, 0.25) is 0 Å². The third-order valence-corrected chi connectivity index (χ3v) is 3.88. The summed E-state index contributed by atoms with van der Waals surface area (Å²) in [7, 11) is 0. The molecule has 1 aromatic rings. The van der Waals surface area contributed by atoms with Gasteiger partial charge in [-0.05, 0) is 26.7 Å². The molecule has 18 heavy (non-hydrogen) atoms. The van der Waals surface area contributed by atoms with Crippen LogP contribution in [0.4, 0.5) is 0 Å². The van der Waals surface area contributed by atoms with E-state index in [1.54, 1.807) is 0 Å². The second-order valence-electron chi connectivity index (χ2n) is 4.83.